The van der Waals surface area contributed by atoms with Crippen molar-refractivity contribution in [3.63, 3.8) is 0 Å². The number of carbonyl (C=O) groups is 1. The van der Waals surface area contributed by atoms with E-state index in [2.05, 4.69) is 25.7 Å². The molecule has 8 heteroatoms. The molecule has 0 atom stereocenters. The van der Waals surface area contributed by atoms with E-state index in [0.717, 1.165) is 6.07 Å². The molecule has 0 aliphatic heterocycles. The van der Waals surface area contributed by atoms with Crippen molar-refractivity contribution in [3.05, 3.63) is 22.3 Å². The summed E-state index contributed by atoms with van der Waals surface area (Å²) < 4.78 is 26.6. The monoisotopic (exact) mass is 313 g/mol. The number of rotatable bonds is 2. The van der Waals surface area contributed by atoms with Crippen LogP contribution in [0.4, 0.5) is 0 Å². The third-order valence-corrected chi connectivity index (χ3v) is 3.03. The minimum Gasteiger partial charge on any atom is -0.465 e. The zero-order valence-electron chi connectivity index (χ0n) is 7.40. The molecule has 0 spiro atoms. The van der Waals surface area contributed by atoms with Crippen LogP contribution in [-0.4, -0.2) is 26.5 Å². The van der Waals surface area contributed by atoms with Gasteiger partial charge in [0.2, 0.25) is 0 Å². The summed E-state index contributed by atoms with van der Waals surface area (Å²) in [7, 11) is 2.31. The van der Waals surface area contributed by atoms with Gasteiger partial charge in [-0.25, -0.2) is 18.2 Å². The number of methoxy groups -OCH3 is 1. The fourth-order valence-corrected chi connectivity index (χ4v) is 2.10. The van der Waals surface area contributed by atoms with Gasteiger partial charge < -0.3 is 4.74 Å². The molecule has 82 valence electrons. The Kier molecular flexibility index (Phi) is 3.69. The number of nitrogens with zero attached hydrogens (tertiary/aromatic N) is 1. The molecule has 15 heavy (non-hydrogen) atoms. The molecule has 0 aliphatic carbocycles. The van der Waals surface area contributed by atoms with Gasteiger partial charge in [0.1, 0.15) is 4.60 Å². The quantitative estimate of drug-likeness (QED) is 0.470. The summed E-state index contributed by atoms with van der Waals surface area (Å²) in [4.78, 5) is 14.7. The van der Waals surface area contributed by atoms with Crippen molar-refractivity contribution in [2.75, 3.05) is 7.11 Å². The summed E-state index contributed by atoms with van der Waals surface area (Å²) in [6.45, 7) is 0. The van der Waals surface area contributed by atoms with E-state index in [1.807, 2.05) is 0 Å². The van der Waals surface area contributed by atoms with E-state index in [-0.39, 0.29) is 10.2 Å². The molecule has 1 rings (SSSR count). The molecular weight excluding hydrogens is 310 g/mol. The van der Waals surface area contributed by atoms with Crippen LogP contribution in [0.3, 0.4) is 0 Å². The molecule has 0 aliphatic rings. The van der Waals surface area contributed by atoms with Crippen molar-refractivity contribution in [2.45, 2.75) is 5.03 Å². The smallest absolute Gasteiger partial charge is 0.338 e. The second-order valence-electron chi connectivity index (χ2n) is 2.45. The molecule has 0 saturated heterocycles. The summed E-state index contributed by atoms with van der Waals surface area (Å²) in [6.07, 6.45) is 0. The Morgan fingerprint density at radius 3 is 2.60 bits per heavy atom. The highest BCUT2D eigenvalue weighted by Gasteiger charge is 2.17. The van der Waals surface area contributed by atoms with E-state index in [9.17, 15) is 13.2 Å². The van der Waals surface area contributed by atoms with Crippen LogP contribution < -0.4 is 0 Å². The van der Waals surface area contributed by atoms with Crippen molar-refractivity contribution in [1.29, 1.82) is 0 Å². The Morgan fingerprint density at radius 2 is 2.13 bits per heavy atom. The second-order valence-corrected chi connectivity index (χ2v) is 5.77. The van der Waals surface area contributed by atoms with Gasteiger partial charge in [-0.15, -0.1) is 0 Å². The van der Waals surface area contributed by atoms with Gasteiger partial charge in [-0.1, -0.05) is 0 Å². The molecular formula is C7H5BrClNO4S. The van der Waals surface area contributed by atoms with Crippen LogP contribution in [0.15, 0.2) is 21.8 Å². The number of aromatic nitrogens is 1. The van der Waals surface area contributed by atoms with E-state index in [0.29, 0.717) is 0 Å². The maximum atomic E-state index is 11.1. The Labute approximate surface area is 99.0 Å². The van der Waals surface area contributed by atoms with Crippen molar-refractivity contribution in [3.8, 4) is 0 Å². The first-order chi connectivity index (χ1) is 6.84. The lowest BCUT2D eigenvalue weighted by Crippen LogP contribution is -2.05. The van der Waals surface area contributed by atoms with E-state index >= 15 is 0 Å². The number of ether oxygens (including phenoxy) is 1. The van der Waals surface area contributed by atoms with Gasteiger partial charge in [0.15, 0.2) is 5.03 Å². The topological polar surface area (TPSA) is 73.3 Å². The zero-order chi connectivity index (χ0) is 11.6. The van der Waals surface area contributed by atoms with Crippen LogP contribution in [0, 0.1) is 0 Å². The standard InChI is InChI=1S/C7H5BrClNO4S/c1-14-7(11)4-2-5(8)10-6(3-4)15(9,12)13/h2-3H,1H3. The largest absolute Gasteiger partial charge is 0.465 e. The first-order valence-corrected chi connectivity index (χ1v) is 6.65. The molecule has 0 amide bonds. The van der Waals surface area contributed by atoms with Gasteiger partial charge in [-0.05, 0) is 28.1 Å². The van der Waals surface area contributed by atoms with Crippen LogP contribution in [-0.2, 0) is 13.8 Å². The van der Waals surface area contributed by atoms with Crippen LogP contribution in [0.2, 0.25) is 0 Å². The van der Waals surface area contributed by atoms with E-state index in [1.54, 1.807) is 0 Å². The van der Waals surface area contributed by atoms with Crippen LogP contribution in [0.25, 0.3) is 0 Å². The summed E-state index contributed by atoms with van der Waals surface area (Å²) >= 11 is 2.96. The van der Waals surface area contributed by atoms with Crippen molar-refractivity contribution in [2.24, 2.45) is 0 Å². The molecule has 0 unspecified atom stereocenters. The minimum absolute atomic E-state index is 0.0543. The van der Waals surface area contributed by atoms with Crippen LogP contribution in [0.1, 0.15) is 10.4 Å². The van der Waals surface area contributed by atoms with Crippen LogP contribution >= 0.6 is 26.6 Å². The molecule has 5 nitrogen and oxygen atoms in total. The lowest BCUT2D eigenvalue weighted by Gasteiger charge is -2.01. The van der Waals surface area contributed by atoms with E-state index in [1.165, 1.54) is 13.2 Å². The number of hydrogen-bond donors (Lipinski definition) is 0. The molecule has 0 aromatic carbocycles. The molecule has 0 fully saturated rings. The maximum Gasteiger partial charge on any atom is 0.338 e. The average molecular weight is 315 g/mol. The summed E-state index contributed by atoms with van der Waals surface area (Å²) in [5, 5.41) is -0.404. The molecule has 0 N–H and O–H groups in total. The highest BCUT2D eigenvalue weighted by molar-refractivity contribution is 9.10. The number of halogens is 2. The van der Waals surface area contributed by atoms with Gasteiger partial charge in [-0.2, -0.15) is 0 Å². The lowest BCUT2D eigenvalue weighted by molar-refractivity contribution is 0.0600. The van der Waals surface area contributed by atoms with Gasteiger partial charge in [0.05, 0.1) is 12.7 Å². The Balaban J connectivity index is 3.35. The third-order valence-electron chi connectivity index (χ3n) is 1.44. The first-order valence-electron chi connectivity index (χ1n) is 3.55. The lowest BCUT2D eigenvalue weighted by atomic mass is 10.3. The fourth-order valence-electron chi connectivity index (χ4n) is 0.833. The van der Waals surface area contributed by atoms with Gasteiger partial charge in [-0.3, -0.25) is 0 Å². The Bertz CT molecular complexity index is 502. The summed E-state index contributed by atoms with van der Waals surface area (Å²) in [5.41, 5.74) is 0.0543. The summed E-state index contributed by atoms with van der Waals surface area (Å²) in [6, 6.07) is 2.37. The van der Waals surface area contributed by atoms with Gasteiger partial charge in [0, 0.05) is 10.7 Å². The number of hydrogen-bond acceptors (Lipinski definition) is 5. The molecule has 0 radical (unpaired) electrons. The highest BCUT2D eigenvalue weighted by Crippen LogP contribution is 2.18. The van der Waals surface area contributed by atoms with Crippen molar-refractivity contribution >= 4 is 41.6 Å². The normalized spacial score (nSPS) is 11.1. The Morgan fingerprint density at radius 1 is 1.53 bits per heavy atom. The first kappa shape index (κ1) is 12.4. The fraction of sp³-hybridized carbons (Fsp3) is 0.143. The summed E-state index contributed by atoms with van der Waals surface area (Å²) in [5.74, 6) is -0.667. The number of esters is 1. The molecule has 0 saturated carbocycles. The average Bonchev–Trinajstić information content (AvgIpc) is 2.14. The molecule has 1 aromatic rings. The minimum atomic E-state index is -3.97. The third kappa shape index (κ3) is 3.15. The van der Waals surface area contributed by atoms with E-state index in [4.69, 9.17) is 10.7 Å². The van der Waals surface area contributed by atoms with Crippen LogP contribution in [0.5, 0.6) is 0 Å². The molecule has 1 heterocycles. The van der Waals surface area contributed by atoms with Gasteiger partial charge >= 0.3 is 5.97 Å². The van der Waals surface area contributed by atoms with Gasteiger partial charge in [0.25, 0.3) is 9.05 Å². The molecule has 1 aromatic heterocycles. The SMILES string of the molecule is COC(=O)c1cc(Br)nc(S(=O)(=O)Cl)c1. The van der Waals surface area contributed by atoms with Crippen molar-refractivity contribution < 1.29 is 17.9 Å². The number of carbonyl (C=O) groups excluding carboxylic acids is 1. The van der Waals surface area contributed by atoms with Crippen molar-refractivity contribution in [1.82, 2.24) is 4.98 Å². The predicted octanol–water partition coefficient (Wildman–Crippen LogP) is 1.56. The van der Waals surface area contributed by atoms with E-state index < -0.39 is 20.0 Å². The zero-order valence-corrected chi connectivity index (χ0v) is 10.6. The number of pyridine rings is 1. The maximum absolute atomic E-state index is 11.1. The molecule has 0 bridgehead atoms. The highest BCUT2D eigenvalue weighted by atomic mass is 79.9. The predicted molar refractivity (Wildman–Crippen MR) is 56.3 cm³/mol. The Hall–Kier alpha value is -0.660. The second kappa shape index (κ2) is 4.46.